The van der Waals surface area contributed by atoms with Crippen LogP contribution in [0.2, 0.25) is 0 Å². The molecule has 7 nitrogen and oxygen atoms in total. The van der Waals surface area contributed by atoms with Crippen LogP contribution in [0.15, 0.2) is 24.3 Å². The first-order valence-electron chi connectivity index (χ1n) is 8.78. The largest absolute Gasteiger partial charge is 0.497 e. The molecule has 1 aliphatic rings. The topological polar surface area (TPSA) is 76.6 Å². The maximum Gasteiger partial charge on any atom is 0.265 e. The fraction of sp³-hybridized carbons (Fsp3) is 0.500. The zero-order chi connectivity index (χ0) is 18.4. The zero-order valence-corrected chi connectivity index (χ0v) is 15.9. The van der Waals surface area contributed by atoms with Crippen LogP contribution >= 0.6 is 11.5 Å². The Morgan fingerprint density at radius 3 is 2.73 bits per heavy atom. The first-order chi connectivity index (χ1) is 12.7. The molecule has 1 aliphatic heterocycles. The Labute approximate surface area is 157 Å². The van der Waals surface area contributed by atoms with Crippen molar-refractivity contribution in [2.24, 2.45) is 0 Å². The molecule has 26 heavy (non-hydrogen) atoms. The van der Waals surface area contributed by atoms with Gasteiger partial charge in [0, 0.05) is 19.6 Å². The van der Waals surface area contributed by atoms with Gasteiger partial charge in [0.25, 0.3) is 5.91 Å². The fourth-order valence-electron chi connectivity index (χ4n) is 3.06. The van der Waals surface area contributed by atoms with Gasteiger partial charge >= 0.3 is 0 Å². The van der Waals surface area contributed by atoms with Crippen LogP contribution in [-0.4, -0.2) is 60.4 Å². The van der Waals surface area contributed by atoms with E-state index in [-0.39, 0.29) is 11.9 Å². The van der Waals surface area contributed by atoms with Gasteiger partial charge in [-0.15, -0.1) is 5.10 Å². The summed E-state index contributed by atoms with van der Waals surface area (Å²) in [4.78, 5) is 15.5. The van der Waals surface area contributed by atoms with Crippen molar-refractivity contribution in [2.75, 3.05) is 40.0 Å². The van der Waals surface area contributed by atoms with Gasteiger partial charge in [0.2, 0.25) is 0 Å². The molecule has 1 saturated heterocycles. The number of amides is 1. The van der Waals surface area contributed by atoms with Crippen LogP contribution in [0, 0.1) is 0 Å². The second-order valence-electron chi connectivity index (χ2n) is 6.05. The van der Waals surface area contributed by atoms with Crippen LogP contribution in [-0.2, 0) is 11.2 Å². The van der Waals surface area contributed by atoms with Gasteiger partial charge in [0.15, 0.2) is 0 Å². The number of benzene rings is 1. The molecule has 0 saturated carbocycles. The van der Waals surface area contributed by atoms with Crippen LogP contribution in [0.3, 0.4) is 0 Å². The average molecular weight is 376 g/mol. The van der Waals surface area contributed by atoms with Crippen LogP contribution in [0.5, 0.6) is 5.75 Å². The Hall–Kier alpha value is -2.03. The highest BCUT2D eigenvalue weighted by Crippen LogP contribution is 2.24. The number of carbonyl (C=O) groups excluding carboxylic acids is 1. The number of aryl methyl sites for hydroxylation is 1. The lowest BCUT2D eigenvalue weighted by molar-refractivity contribution is 0.0162. The Morgan fingerprint density at radius 2 is 2.08 bits per heavy atom. The number of carbonyl (C=O) groups is 1. The highest BCUT2D eigenvalue weighted by Gasteiger charge is 2.24. The molecule has 3 rings (SSSR count). The minimum Gasteiger partial charge on any atom is -0.497 e. The third-order valence-electron chi connectivity index (χ3n) is 4.54. The lowest BCUT2D eigenvalue weighted by atomic mass is 10.0. The summed E-state index contributed by atoms with van der Waals surface area (Å²) >= 11 is 1.15. The third kappa shape index (κ3) is 4.38. The predicted octanol–water partition coefficient (Wildman–Crippen LogP) is 1.91. The zero-order valence-electron chi connectivity index (χ0n) is 15.1. The average Bonchev–Trinajstić information content (AvgIpc) is 3.18. The molecule has 1 atom stereocenters. The van der Waals surface area contributed by atoms with E-state index in [1.54, 1.807) is 7.11 Å². The summed E-state index contributed by atoms with van der Waals surface area (Å²) in [6.45, 7) is 5.59. The molecular weight excluding hydrogens is 352 g/mol. The summed E-state index contributed by atoms with van der Waals surface area (Å²) < 4.78 is 14.6. The maximum atomic E-state index is 12.6. The molecule has 0 aliphatic carbocycles. The van der Waals surface area contributed by atoms with Crippen molar-refractivity contribution in [1.82, 2.24) is 19.8 Å². The summed E-state index contributed by atoms with van der Waals surface area (Å²) in [6.07, 6.45) is 0.699. The van der Waals surface area contributed by atoms with Gasteiger partial charge in [-0.2, -0.15) is 0 Å². The fourth-order valence-corrected chi connectivity index (χ4v) is 3.72. The number of ether oxygens (including phenoxy) is 2. The minimum atomic E-state index is -0.108. The van der Waals surface area contributed by atoms with Crippen LogP contribution in [0.1, 0.15) is 33.9 Å². The highest BCUT2D eigenvalue weighted by molar-refractivity contribution is 7.08. The molecule has 1 amide bonds. The lowest BCUT2D eigenvalue weighted by Crippen LogP contribution is -2.43. The van der Waals surface area contributed by atoms with Crippen molar-refractivity contribution >= 4 is 17.4 Å². The Balaban J connectivity index is 1.73. The van der Waals surface area contributed by atoms with E-state index in [4.69, 9.17) is 9.47 Å². The molecule has 0 spiro atoms. The van der Waals surface area contributed by atoms with E-state index in [0.29, 0.717) is 31.1 Å². The van der Waals surface area contributed by atoms with Crippen molar-refractivity contribution in [2.45, 2.75) is 19.4 Å². The van der Waals surface area contributed by atoms with E-state index in [2.05, 4.69) is 31.9 Å². The number of hydrogen-bond donors (Lipinski definition) is 1. The smallest absolute Gasteiger partial charge is 0.265 e. The van der Waals surface area contributed by atoms with Crippen molar-refractivity contribution in [3.63, 3.8) is 0 Å². The van der Waals surface area contributed by atoms with Crippen molar-refractivity contribution in [3.05, 3.63) is 40.4 Å². The Morgan fingerprint density at radius 1 is 1.35 bits per heavy atom. The lowest BCUT2D eigenvalue weighted by Gasteiger charge is -2.35. The van der Waals surface area contributed by atoms with Gasteiger partial charge < -0.3 is 14.8 Å². The van der Waals surface area contributed by atoms with E-state index in [1.165, 1.54) is 0 Å². The van der Waals surface area contributed by atoms with Gasteiger partial charge in [-0.3, -0.25) is 9.69 Å². The second kappa shape index (κ2) is 9.07. The van der Waals surface area contributed by atoms with Crippen molar-refractivity contribution < 1.29 is 14.3 Å². The third-order valence-corrected chi connectivity index (χ3v) is 5.31. The van der Waals surface area contributed by atoms with Crippen molar-refractivity contribution in [1.29, 1.82) is 0 Å². The summed E-state index contributed by atoms with van der Waals surface area (Å²) in [5, 5.41) is 7.08. The quantitative estimate of drug-likeness (QED) is 0.796. The monoisotopic (exact) mass is 376 g/mol. The summed E-state index contributed by atoms with van der Waals surface area (Å²) in [5.41, 5.74) is 1.89. The maximum absolute atomic E-state index is 12.6. The molecule has 0 radical (unpaired) electrons. The number of methoxy groups -OCH3 is 1. The molecule has 1 aromatic carbocycles. The molecule has 0 bridgehead atoms. The predicted molar refractivity (Wildman–Crippen MR) is 99.7 cm³/mol. The SMILES string of the molecule is CCc1nnsc1C(=O)NCC(c1ccc(OC)cc1)N1CCOCC1. The van der Waals surface area contributed by atoms with Crippen LogP contribution in [0.4, 0.5) is 0 Å². The van der Waals surface area contributed by atoms with Crippen LogP contribution in [0.25, 0.3) is 0 Å². The van der Waals surface area contributed by atoms with E-state index in [1.807, 2.05) is 19.1 Å². The minimum absolute atomic E-state index is 0.0831. The number of nitrogens with one attached hydrogen (secondary N) is 1. The molecule has 1 aromatic heterocycles. The molecule has 2 heterocycles. The highest BCUT2D eigenvalue weighted by atomic mass is 32.1. The first kappa shape index (κ1) is 18.8. The van der Waals surface area contributed by atoms with E-state index in [9.17, 15) is 4.79 Å². The molecule has 8 heteroatoms. The molecule has 1 unspecified atom stereocenters. The standard InChI is InChI=1S/C18H24N4O3S/c1-3-15-17(26-21-20-15)18(23)19-12-16(22-8-10-25-11-9-22)13-4-6-14(24-2)7-5-13/h4-7,16H,3,8-12H2,1-2H3,(H,19,23). The van der Waals surface area contributed by atoms with E-state index < -0.39 is 0 Å². The molecule has 140 valence electrons. The van der Waals surface area contributed by atoms with Gasteiger partial charge in [-0.25, -0.2) is 0 Å². The van der Waals surface area contributed by atoms with Gasteiger partial charge in [-0.1, -0.05) is 23.5 Å². The van der Waals surface area contributed by atoms with Gasteiger partial charge in [-0.05, 0) is 35.6 Å². The van der Waals surface area contributed by atoms with Gasteiger partial charge in [0.1, 0.15) is 10.6 Å². The molecule has 1 N–H and O–H groups in total. The molecule has 2 aromatic rings. The number of nitrogens with zero attached hydrogens (tertiary/aromatic N) is 3. The normalized spacial score (nSPS) is 16.2. The van der Waals surface area contributed by atoms with Crippen molar-refractivity contribution in [3.8, 4) is 5.75 Å². The molecule has 1 fully saturated rings. The number of aromatic nitrogens is 2. The first-order valence-corrected chi connectivity index (χ1v) is 9.55. The second-order valence-corrected chi connectivity index (χ2v) is 6.80. The van der Waals surface area contributed by atoms with Crippen LogP contribution < -0.4 is 10.1 Å². The van der Waals surface area contributed by atoms with Gasteiger partial charge in [0.05, 0.1) is 32.1 Å². The molecular formula is C18H24N4O3S. The summed E-state index contributed by atoms with van der Waals surface area (Å²) in [5.74, 6) is 0.713. The Kier molecular flexibility index (Phi) is 6.54. The number of morpholine rings is 1. The Bertz CT molecular complexity index is 713. The summed E-state index contributed by atoms with van der Waals surface area (Å²) in [7, 11) is 1.66. The number of rotatable bonds is 7. The van der Waals surface area contributed by atoms with E-state index >= 15 is 0 Å². The number of hydrogen-bond acceptors (Lipinski definition) is 7. The van der Waals surface area contributed by atoms with E-state index in [0.717, 1.165) is 41.6 Å². The summed E-state index contributed by atoms with van der Waals surface area (Å²) in [6, 6.07) is 8.09.